The van der Waals surface area contributed by atoms with E-state index >= 15 is 0 Å². The third kappa shape index (κ3) is 4.38. The molecule has 0 bridgehead atoms. The molecule has 0 saturated heterocycles. The molecular weight excluding hydrogens is 386 g/mol. The highest BCUT2D eigenvalue weighted by atomic mass is 32.2. The molecule has 0 aromatic heterocycles. The lowest BCUT2D eigenvalue weighted by molar-refractivity contribution is -0.113. The number of benzene rings is 2. The van der Waals surface area contributed by atoms with E-state index in [1.165, 1.54) is 11.8 Å². The van der Waals surface area contributed by atoms with Crippen molar-refractivity contribution in [2.45, 2.75) is 12.1 Å². The van der Waals surface area contributed by atoms with Gasteiger partial charge in [0.25, 0.3) is 0 Å². The fraction of sp³-hybridized carbons (Fsp3) is 0.143. The molecule has 8 heteroatoms. The average molecular weight is 405 g/mol. The Hall–Kier alpha value is -3.39. The quantitative estimate of drug-likeness (QED) is 0.371. The van der Waals surface area contributed by atoms with Crippen molar-refractivity contribution in [3.05, 3.63) is 67.0 Å². The molecule has 2 aromatic carbocycles. The third-order valence-corrected chi connectivity index (χ3v) is 5.06. The van der Waals surface area contributed by atoms with E-state index in [1.54, 1.807) is 6.20 Å². The van der Waals surface area contributed by atoms with Crippen LogP contribution in [0.15, 0.2) is 72.1 Å². The van der Waals surface area contributed by atoms with Gasteiger partial charge in [0.15, 0.2) is 11.0 Å². The predicted molar refractivity (Wildman–Crippen MR) is 113 cm³/mol. The maximum Gasteiger partial charge on any atom is 0.234 e. The number of fused-ring (bicyclic) bond motifs is 1. The summed E-state index contributed by atoms with van der Waals surface area (Å²) in [5.74, 6) is 1.26. The lowest BCUT2D eigenvalue weighted by atomic mass is 10.3. The molecule has 7 nitrogen and oxygen atoms in total. The van der Waals surface area contributed by atoms with Gasteiger partial charge in [0, 0.05) is 11.9 Å². The zero-order valence-corrected chi connectivity index (χ0v) is 16.6. The van der Waals surface area contributed by atoms with Gasteiger partial charge in [0.2, 0.25) is 5.91 Å². The fourth-order valence-corrected chi connectivity index (χ4v) is 3.60. The van der Waals surface area contributed by atoms with Crippen LogP contribution in [0.1, 0.15) is 6.92 Å². The molecule has 1 N–H and O–H groups in total. The Balaban J connectivity index is 1.54. The zero-order valence-electron chi connectivity index (χ0n) is 15.8. The van der Waals surface area contributed by atoms with Gasteiger partial charge in [-0.15, -0.1) is 5.10 Å². The number of nitrogens with one attached hydrogen (secondary N) is 1. The number of nitrogens with zero attached hydrogens (tertiary/aromatic N) is 4. The fourth-order valence-electron chi connectivity index (χ4n) is 2.82. The highest BCUT2D eigenvalue weighted by Gasteiger charge is 2.16. The number of hydrogen-bond donors (Lipinski definition) is 1. The van der Waals surface area contributed by atoms with Gasteiger partial charge >= 0.3 is 0 Å². The van der Waals surface area contributed by atoms with Crippen molar-refractivity contribution >= 4 is 23.4 Å². The second-order valence-electron chi connectivity index (χ2n) is 6.12. The summed E-state index contributed by atoms with van der Waals surface area (Å²) < 4.78 is 7.51. The van der Waals surface area contributed by atoms with Gasteiger partial charge < -0.3 is 10.1 Å². The number of ether oxygens (including phenoxy) is 1. The molecule has 2 heterocycles. The van der Waals surface area contributed by atoms with Crippen molar-refractivity contribution in [2.75, 3.05) is 17.7 Å². The third-order valence-electron chi connectivity index (χ3n) is 4.11. The van der Waals surface area contributed by atoms with E-state index in [9.17, 15) is 4.79 Å². The number of amides is 1. The van der Waals surface area contributed by atoms with Crippen LogP contribution in [0.2, 0.25) is 0 Å². The molecule has 0 radical (unpaired) electrons. The Kier molecular flexibility index (Phi) is 5.71. The number of carbonyl (C=O) groups is 1. The monoisotopic (exact) mass is 405 g/mol. The summed E-state index contributed by atoms with van der Waals surface area (Å²) in [5, 5.41) is 11.5. The average Bonchev–Trinajstić information content (AvgIpc) is 3.21. The summed E-state index contributed by atoms with van der Waals surface area (Å²) in [6.07, 6.45) is 3.61. The Morgan fingerprint density at radius 1 is 1.14 bits per heavy atom. The van der Waals surface area contributed by atoms with Crippen LogP contribution < -0.4 is 10.1 Å². The first kappa shape index (κ1) is 18.9. The SMILES string of the molecule is CCOc1ccccc1NC(=O)CSc1nc2nncc-2cn1-c1ccccc1. The molecule has 0 atom stereocenters. The molecule has 2 aromatic rings. The minimum atomic E-state index is -0.141. The van der Waals surface area contributed by atoms with E-state index in [0.29, 0.717) is 29.0 Å². The van der Waals surface area contributed by atoms with E-state index in [4.69, 9.17) is 4.74 Å². The molecular formula is C21H19N5O2S. The van der Waals surface area contributed by atoms with Crippen LogP contribution >= 0.6 is 11.8 Å². The normalized spacial score (nSPS) is 10.8. The highest BCUT2D eigenvalue weighted by Crippen LogP contribution is 2.27. The maximum atomic E-state index is 12.6. The van der Waals surface area contributed by atoms with E-state index in [2.05, 4.69) is 20.5 Å². The van der Waals surface area contributed by atoms with Crippen LogP contribution in [-0.2, 0) is 4.79 Å². The molecule has 4 rings (SSSR count). The van der Waals surface area contributed by atoms with Crippen molar-refractivity contribution in [3.63, 3.8) is 0 Å². The summed E-state index contributed by atoms with van der Waals surface area (Å²) >= 11 is 1.34. The van der Waals surface area contributed by atoms with E-state index in [1.807, 2.05) is 72.3 Å². The summed E-state index contributed by atoms with van der Waals surface area (Å²) in [6.45, 7) is 2.44. The standard InChI is InChI=1S/C21H19N5O2S/c1-2-28-18-11-7-6-10-17(18)23-19(27)14-29-21-24-20-15(12-22-25-20)13-26(21)16-8-4-3-5-9-16/h3-13H,2,14H2,1H3,(H,23,27). The molecule has 2 aliphatic rings. The summed E-state index contributed by atoms with van der Waals surface area (Å²) in [7, 11) is 0. The summed E-state index contributed by atoms with van der Waals surface area (Å²) in [5.41, 5.74) is 2.45. The number of thioether (sulfide) groups is 1. The largest absolute Gasteiger partial charge is 0.492 e. The maximum absolute atomic E-state index is 12.6. The summed E-state index contributed by atoms with van der Waals surface area (Å²) in [4.78, 5) is 17.1. The minimum Gasteiger partial charge on any atom is -0.492 e. The number of hydrogen-bond acceptors (Lipinski definition) is 6. The Morgan fingerprint density at radius 3 is 2.76 bits per heavy atom. The number of anilines is 1. The number of para-hydroxylation sites is 3. The second kappa shape index (κ2) is 8.74. The Morgan fingerprint density at radius 2 is 1.93 bits per heavy atom. The lowest BCUT2D eigenvalue weighted by Gasteiger charge is -2.14. The van der Waals surface area contributed by atoms with E-state index < -0.39 is 0 Å². The first-order valence-electron chi connectivity index (χ1n) is 9.15. The van der Waals surface area contributed by atoms with Crippen molar-refractivity contribution in [1.29, 1.82) is 0 Å². The molecule has 0 unspecified atom stereocenters. The second-order valence-corrected chi connectivity index (χ2v) is 7.06. The van der Waals surface area contributed by atoms with Crippen LogP contribution in [-0.4, -0.2) is 38.0 Å². The number of aromatic nitrogens is 4. The van der Waals surface area contributed by atoms with Gasteiger partial charge in [-0.25, -0.2) is 4.98 Å². The first-order valence-corrected chi connectivity index (χ1v) is 10.1. The Labute approximate surface area is 172 Å². The highest BCUT2D eigenvalue weighted by molar-refractivity contribution is 7.99. The van der Waals surface area contributed by atoms with Gasteiger partial charge in [0.1, 0.15) is 5.75 Å². The van der Waals surface area contributed by atoms with Crippen LogP contribution in [0.25, 0.3) is 17.1 Å². The van der Waals surface area contributed by atoms with Crippen LogP contribution in [0, 0.1) is 0 Å². The van der Waals surface area contributed by atoms with Gasteiger partial charge in [-0.05, 0) is 31.2 Å². The summed E-state index contributed by atoms with van der Waals surface area (Å²) in [6, 6.07) is 17.2. The van der Waals surface area contributed by atoms with Gasteiger partial charge in [-0.3, -0.25) is 9.36 Å². The molecule has 0 saturated carbocycles. The molecule has 0 spiro atoms. The van der Waals surface area contributed by atoms with E-state index in [0.717, 1.165) is 11.3 Å². The molecule has 29 heavy (non-hydrogen) atoms. The topological polar surface area (TPSA) is 81.9 Å². The predicted octanol–water partition coefficient (Wildman–Crippen LogP) is 3.90. The van der Waals surface area contributed by atoms with Crippen molar-refractivity contribution in [2.24, 2.45) is 0 Å². The van der Waals surface area contributed by atoms with Crippen LogP contribution in [0.5, 0.6) is 5.75 Å². The lowest BCUT2D eigenvalue weighted by Crippen LogP contribution is -2.16. The first-order chi connectivity index (χ1) is 14.2. The number of rotatable bonds is 7. The molecule has 1 amide bonds. The zero-order chi connectivity index (χ0) is 20.1. The van der Waals surface area contributed by atoms with Crippen LogP contribution in [0.3, 0.4) is 0 Å². The van der Waals surface area contributed by atoms with Gasteiger partial charge in [-0.1, -0.05) is 42.1 Å². The van der Waals surface area contributed by atoms with Crippen molar-refractivity contribution < 1.29 is 9.53 Å². The minimum absolute atomic E-state index is 0.141. The van der Waals surface area contributed by atoms with Gasteiger partial charge in [-0.2, -0.15) is 5.10 Å². The smallest absolute Gasteiger partial charge is 0.234 e. The number of carbonyl (C=O) groups excluding carboxylic acids is 1. The van der Waals surface area contributed by atoms with Crippen molar-refractivity contribution in [3.8, 4) is 22.8 Å². The molecule has 0 aliphatic carbocycles. The molecule has 0 fully saturated rings. The van der Waals surface area contributed by atoms with Crippen LogP contribution in [0.4, 0.5) is 5.69 Å². The van der Waals surface area contributed by atoms with Gasteiger partial charge in [0.05, 0.1) is 29.8 Å². The van der Waals surface area contributed by atoms with E-state index in [-0.39, 0.29) is 11.7 Å². The molecule has 2 aliphatic heterocycles. The molecule has 146 valence electrons. The van der Waals surface area contributed by atoms with Crippen molar-refractivity contribution in [1.82, 2.24) is 19.7 Å². The Bertz CT molecular complexity index is 1080.